The fourth-order valence-corrected chi connectivity index (χ4v) is 3.07. The lowest BCUT2D eigenvalue weighted by molar-refractivity contribution is -0.115. The second-order valence-corrected chi connectivity index (χ2v) is 5.05. The first-order valence-corrected chi connectivity index (χ1v) is 5.50. The maximum atomic E-state index is 11.2. The number of thioether (sulfide) groups is 1. The lowest BCUT2D eigenvalue weighted by Gasteiger charge is -2.40. The summed E-state index contributed by atoms with van der Waals surface area (Å²) in [5, 5.41) is 0. The molecular formula is C10H16OS. The molecule has 1 fully saturated rings. The van der Waals surface area contributed by atoms with E-state index in [2.05, 4.69) is 13.5 Å². The molecule has 1 aliphatic carbocycles. The molecule has 0 saturated heterocycles. The fraction of sp³-hybridized carbons (Fsp3) is 0.700. The Hall–Kier alpha value is -0.240. The predicted octanol–water partition coefficient (Wildman–Crippen LogP) is 2.81. The molecule has 0 N–H and O–H groups in total. The number of hydrogen-bond donors (Lipinski definition) is 0. The molecule has 1 aliphatic rings. The topological polar surface area (TPSA) is 17.1 Å². The van der Waals surface area contributed by atoms with E-state index in [0.717, 1.165) is 5.75 Å². The smallest absolute Gasteiger partial charge is 0.156 e. The molecule has 0 unspecified atom stereocenters. The van der Waals surface area contributed by atoms with Crippen LogP contribution in [0.15, 0.2) is 12.7 Å². The number of rotatable bonds is 5. The normalized spacial score (nSPS) is 19.8. The van der Waals surface area contributed by atoms with Crippen molar-refractivity contribution in [3.63, 3.8) is 0 Å². The lowest BCUT2D eigenvalue weighted by Crippen LogP contribution is -2.35. The van der Waals surface area contributed by atoms with Gasteiger partial charge in [-0.1, -0.05) is 19.9 Å². The van der Waals surface area contributed by atoms with E-state index in [9.17, 15) is 4.79 Å². The van der Waals surface area contributed by atoms with Gasteiger partial charge in [-0.3, -0.25) is 4.79 Å². The SMILES string of the molecule is C=CC(=O)CC1(SCC)CCC1. The third-order valence-electron chi connectivity index (χ3n) is 2.44. The monoisotopic (exact) mass is 184 g/mol. The quantitative estimate of drug-likeness (QED) is 0.611. The Morgan fingerprint density at radius 2 is 2.33 bits per heavy atom. The van der Waals surface area contributed by atoms with Gasteiger partial charge in [-0.15, -0.1) is 0 Å². The zero-order valence-electron chi connectivity index (χ0n) is 7.64. The van der Waals surface area contributed by atoms with Gasteiger partial charge in [0.1, 0.15) is 0 Å². The maximum Gasteiger partial charge on any atom is 0.156 e. The minimum Gasteiger partial charge on any atom is -0.295 e. The largest absolute Gasteiger partial charge is 0.295 e. The zero-order chi connectivity index (χ0) is 9.03. The van der Waals surface area contributed by atoms with Gasteiger partial charge in [0.2, 0.25) is 0 Å². The highest BCUT2D eigenvalue weighted by atomic mass is 32.2. The molecule has 0 aliphatic heterocycles. The molecular weight excluding hydrogens is 168 g/mol. The second-order valence-electron chi connectivity index (χ2n) is 3.32. The Labute approximate surface area is 78.6 Å². The van der Waals surface area contributed by atoms with Gasteiger partial charge >= 0.3 is 0 Å². The van der Waals surface area contributed by atoms with Gasteiger partial charge in [-0.2, -0.15) is 11.8 Å². The maximum absolute atomic E-state index is 11.2. The van der Waals surface area contributed by atoms with E-state index in [1.165, 1.54) is 25.3 Å². The average molecular weight is 184 g/mol. The first kappa shape index (κ1) is 9.85. The first-order chi connectivity index (χ1) is 5.72. The average Bonchev–Trinajstić information content (AvgIpc) is 2.00. The van der Waals surface area contributed by atoms with E-state index in [0.29, 0.717) is 11.2 Å². The van der Waals surface area contributed by atoms with Gasteiger partial charge in [0.05, 0.1) is 0 Å². The number of allylic oxidation sites excluding steroid dienone is 1. The van der Waals surface area contributed by atoms with Crippen LogP contribution < -0.4 is 0 Å². The molecule has 68 valence electrons. The van der Waals surface area contributed by atoms with E-state index >= 15 is 0 Å². The van der Waals surface area contributed by atoms with Crippen LogP contribution in [0.4, 0.5) is 0 Å². The second kappa shape index (κ2) is 4.13. The fourth-order valence-electron chi connectivity index (χ4n) is 1.64. The minimum atomic E-state index is 0.204. The van der Waals surface area contributed by atoms with Crippen molar-refractivity contribution in [3.8, 4) is 0 Å². The summed E-state index contributed by atoms with van der Waals surface area (Å²) < 4.78 is 0.292. The molecule has 0 aromatic carbocycles. The molecule has 0 heterocycles. The van der Waals surface area contributed by atoms with Gasteiger partial charge < -0.3 is 0 Å². The van der Waals surface area contributed by atoms with E-state index < -0.39 is 0 Å². The van der Waals surface area contributed by atoms with Crippen LogP contribution in [-0.2, 0) is 4.79 Å². The highest BCUT2D eigenvalue weighted by molar-refractivity contribution is 8.00. The Kier molecular flexibility index (Phi) is 3.39. The van der Waals surface area contributed by atoms with Gasteiger partial charge in [0.25, 0.3) is 0 Å². The summed E-state index contributed by atoms with van der Waals surface area (Å²) in [6, 6.07) is 0. The van der Waals surface area contributed by atoms with E-state index in [-0.39, 0.29) is 5.78 Å². The molecule has 0 bridgehead atoms. The zero-order valence-corrected chi connectivity index (χ0v) is 8.45. The van der Waals surface area contributed by atoms with Gasteiger partial charge in [-0.25, -0.2) is 0 Å². The highest BCUT2D eigenvalue weighted by Gasteiger charge is 2.37. The summed E-state index contributed by atoms with van der Waals surface area (Å²) in [4.78, 5) is 11.2. The van der Waals surface area contributed by atoms with Crippen molar-refractivity contribution >= 4 is 17.5 Å². The molecule has 1 rings (SSSR count). The molecule has 0 radical (unpaired) electrons. The summed E-state index contributed by atoms with van der Waals surface area (Å²) in [6.07, 6.45) is 5.87. The molecule has 12 heavy (non-hydrogen) atoms. The number of ketones is 1. The predicted molar refractivity (Wildman–Crippen MR) is 54.5 cm³/mol. The number of carbonyl (C=O) groups is 1. The molecule has 0 amide bonds. The Balaban J connectivity index is 2.44. The van der Waals surface area contributed by atoms with Crippen LogP contribution in [0.1, 0.15) is 32.6 Å². The van der Waals surface area contributed by atoms with Crippen LogP contribution in [0.5, 0.6) is 0 Å². The summed E-state index contributed by atoms with van der Waals surface area (Å²) in [7, 11) is 0. The van der Waals surface area contributed by atoms with Crippen molar-refractivity contribution in [1.29, 1.82) is 0 Å². The summed E-state index contributed by atoms with van der Waals surface area (Å²) in [5.41, 5.74) is 0. The van der Waals surface area contributed by atoms with Crippen LogP contribution in [0.25, 0.3) is 0 Å². The molecule has 1 saturated carbocycles. The molecule has 0 aromatic rings. The Morgan fingerprint density at radius 3 is 2.67 bits per heavy atom. The standard InChI is InChI=1S/C10H16OS/c1-3-9(11)8-10(12-4-2)6-5-7-10/h3H,1,4-8H2,2H3. The minimum absolute atomic E-state index is 0.204. The summed E-state index contributed by atoms with van der Waals surface area (Å²) in [5.74, 6) is 1.32. The summed E-state index contributed by atoms with van der Waals surface area (Å²) >= 11 is 1.94. The van der Waals surface area contributed by atoms with E-state index in [1.54, 1.807) is 0 Å². The van der Waals surface area contributed by atoms with E-state index in [1.807, 2.05) is 11.8 Å². The Bertz CT molecular complexity index is 182. The van der Waals surface area contributed by atoms with Crippen LogP contribution in [0, 0.1) is 0 Å². The van der Waals surface area contributed by atoms with E-state index in [4.69, 9.17) is 0 Å². The van der Waals surface area contributed by atoms with Crippen molar-refractivity contribution in [2.75, 3.05) is 5.75 Å². The van der Waals surface area contributed by atoms with Gasteiger partial charge in [0, 0.05) is 11.2 Å². The van der Waals surface area contributed by atoms with Crippen LogP contribution in [-0.4, -0.2) is 16.3 Å². The molecule has 0 spiro atoms. The van der Waals surface area contributed by atoms with Crippen molar-refractivity contribution in [2.24, 2.45) is 0 Å². The number of hydrogen-bond acceptors (Lipinski definition) is 2. The third-order valence-corrected chi connectivity index (χ3v) is 3.89. The van der Waals surface area contributed by atoms with Crippen molar-refractivity contribution in [1.82, 2.24) is 0 Å². The number of carbonyl (C=O) groups excluding carboxylic acids is 1. The molecule has 0 aromatic heterocycles. The third kappa shape index (κ3) is 2.13. The molecule has 1 nitrogen and oxygen atoms in total. The lowest BCUT2D eigenvalue weighted by atomic mass is 9.80. The van der Waals surface area contributed by atoms with Gasteiger partial charge in [0.15, 0.2) is 5.78 Å². The van der Waals surface area contributed by atoms with Crippen molar-refractivity contribution in [2.45, 2.75) is 37.4 Å². The highest BCUT2D eigenvalue weighted by Crippen LogP contribution is 2.46. The Morgan fingerprint density at radius 1 is 1.67 bits per heavy atom. The summed E-state index contributed by atoms with van der Waals surface area (Å²) in [6.45, 7) is 5.66. The molecule has 2 heteroatoms. The van der Waals surface area contributed by atoms with Crippen LogP contribution in [0.3, 0.4) is 0 Å². The van der Waals surface area contributed by atoms with Crippen LogP contribution in [0.2, 0.25) is 0 Å². The van der Waals surface area contributed by atoms with Crippen molar-refractivity contribution in [3.05, 3.63) is 12.7 Å². The van der Waals surface area contributed by atoms with Crippen LogP contribution >= 0.6 is 11.8 Å². The van der Waals surface area contributed by atoms with Gasteiger partial charge in [-0.05, 0) is 24.7 Å². The molecule has 0 atom stereocenters. The van der Waals surface area contributed by atoms with Crippen molar-refractivity contribution < 1.29 is 4.79 Å². The first-order valence-electron chi connectivity index (χ1n) is 4.52.